The zero-order valence-electron chi connectivity index (χ0n) is 15.5. The van der Waals surface area contributed by atoms with Crippen LogP contribution in [0.2, 0.25) is 0 Å². The number of likely N-dealkylation sites (tertiary alicyclic amines) is 1. The number of nitrogens with one attached hydrogen (secondary N) is 1. The Morgan fingerprint density at radius 1 is 1.15 bits per heavy atom. The summed E-state index contributed by atoms with van der Waals surface area (Å²) in [6, 6.07) is 7.94. The lowest BCUT2D eigenvalue weighted by Gasteiger charge is -2.37. The van der Waals surface area contributed by atoms with Crippen LogP contribution in [0.15, 0.2) is 49.1 Å². The van der Waals surface area contributed by atoms with E-state index in [2.05, 4.69) is 26.3 Å². The topological polar surface area (TPSA) is 67.4 Å². The molecule has 1 unspecified atom stereocenters. The Bertz CT molecular complexity index is 747. The summed E-state index contributed by atoms with van der Waals surface area (Å²) in [7, 11) is 0. The van der Waals surface area contributed by atoms with Crippen LogP contribution in [0.4, 0.5) is 0 Å². The third-order valence-corrected chi connectivity index (χ3v) is 5.87. The van der Waals surface area contributed by atoms with Gasteiger partial charge in [-0.3, -0.25) is 19.7 Å². The van der Waals surface area contributed by atoms with E-state index in [0.717, 1.165) is 51.3 Å². The second-order valence-electron chi connectivity index (χ2n) is 7.63. The molecule has 2 saturated heterocycles. The van der Waals surface area contributed by atoms with Gasteiger partial charge in [-0.25, -0.2) is 0 Å². The quantitative estimate of drug-likeness (QED) is 0.877. The average molecular weight is 366 g/mol. The van der Waals surface area contributed by atoms with E-state index in [0.29, 0.717) is 6.54 Å². The van der Waals surface area contributed by atoms with Crippen molar-refractivity contribution >= 4 is 5.91 Å². The fourth-order valence-corrected chi connectivity index (χ4v) is 4.40. The number of carbonyl (C=O) groups is 1. The van der Waals surface area contributed by atoms with Crippen LogP contribution in [-0.2, 0) is 22.6 Å². The Labute approximate surface area is 160 Å². The third-order valence-electron chi connectivity index (χ3n) is 5.87. The van der Waals surface area contributed by atoms with E-state index >= 15 is 0 Å². The van der Waals surface area contributed by atoms with Gasteiger partial charge in [0, 0.05) is 69.6 Å². The van der Waals surface area contributed by atoms with Crippen molar-refractivity contribution in [2.45, 2.75) is 25.9 Å². The van der Waals surface area contributed by atoms with Crippen LogP contribution in [0.25, 0.3) is 0 Å². The molecule has 0 bridgehead atoms. The summed E-state index contributed by atoms with van der Waals surface area (Å²) in [6.07, 6.45) is 9.11. The van der Waals surface area contributed by atoms with Crippen molar-refractivity contribution in [2.75, 3.05) is 26.3 Å². The van der Waals surface area contributed by atoms with Crippen molar-refractivity contribution < 1.29 is 9.53 Å². The minimum atomic E-state index is -0.0000846. The van der Waals surface area contributed by atoms with Gasteiger partial charge in [-0.15, -0.1) is 0 Å². The fraction of sp³-hybridized carbons (Fsp3) is 0.476. The van der Waals surface area contributed by atoms with Crippen LogP contribution in [0.1, 0.15) is 24.0 Å². The molecule has 1 atom stereocenters. The lowest BCUT2D eigenvalue weighted by atomic mass is 9.71. The van der Waals surface area contributed by atoms with Gasteiger partial charge in [-0.05, 0) is 42.2 Å². The van der Waals surface area contributed by atoms with Crippen LogP contribution < -0.4 is 5.32 Å². The molecular weight excluding hydrogens is 340 g/mol. The van der Waals surface area contributed by atoms with Crippen molar-refractivity contribution in [2.24, 2.45) is 11.3 Å². The molecule has 0 aromatic carbocycles. The molecule has 6 nitrogen and oxygen atoms in total. The average Bonchev–Trinajstić information content (AvgIpc) is 3.05. The van der Waals surface area contributed by atoms with Crippen LogP contribution in [-0.4, -0.2) is 47.1 Å². The SMILES string of the molecule is O=C(NCc1ccncc1)C1CN(Cc2cccnc2)CC12CCOCC2. The Kier molecular flexibility index (Phi) is 5.45. The molecule has 6 heteroatoms. The van der Waals surface area contributed by atoms with E-state index in [1.54, 1.807) is 18.6 Å². The molecule has 1 N–H and O–H groups in total. The van der Waals surface area contributed by atoms with Crippen molar-refractivity contribution in [1.82, 2.24) is 20.2 Å². The van der Waals surface area contributed by atoms with Gasteiger partial charge in [0.05, 0.1) is 5.92 Å². The molecule has 1 amide bonds. The van der Waals surface area contributed by atoms with Crippen LogP contribution >= 0.6 is 0 Å². The molecular formula is C21H26N4O2. The zero-order chi connectivity index (χ0) is 18.5. The van der Waals surface area contributed by atoms with Gasteiger partial charge in [0.25, 0.3) is 0 Å². The minimum Gasteiger partial charge on any atom is -0.381 e. The Hall–Kier alpha value is -2.31. The first-order valence-electron chi connectivity index (χ1n) is 9.61. The number of amides is 1. The fourth-order valence-electron chi connectivity index (χ4n) is 4.40. The first-order valence-corrected chi connectivity index (χ1v) is 9.61. The van der Waals surface area contributed by atoms with E-state index in [-0.39, 0.29) is 17.2 Å². The Morgan fingerprint density at radius 2 is 1.96 bits per heavy atom. The van der Waals surface area contributed by atoms with Gasteiger partial charge >= 0.3 is 0 Å². The van der Waals surface area contributed by atoms with Crippen LogP contribution in [0.3, 0.4) is 0 Å². The molecule has 0 radical (unpaired) electrons. The standard InChI is InChI=1S/C21H26N4O2/c26-20(24-13-17-3-8-22-9-4-17)19-15-25(14-18-2-1-7-23-12-18)16-21(19)5-10-27-11-6-21/h1-4,7-9,12,19H,5-6,10-11,13-16H2,(H,24,26). The van der Waals surface area contributed by atoms with Gasteiger partial charge in [0.2, 0.25) is 5.91 Å². The highest BCUT2D eigenvalue weighted by Gasteiger charge is 2.50. The van der Waals surface area contributed by atoms with Crippen molar-refractivity contribution in [3.8, 4) is 0 Å². The summed E-state index contributed by atoms with van der Waals surface area (Å²) in [5, 5.41) is 3.15. The number of ether oxygens (including phenoxy) is 1. The van der Waals surface area contributed by atoms with Crippen molar-refractivity contribution in [3.63, 3.8) is 0 Å². The first-order chi connectivity index (χ1) is 13.3. The second-order valence-corrected chi connectivity index (χ2v) is 7.63. The largest absolute Gasteiger partial charge is 0.381 e. The smallest absolute Gasteiger partial charge is 0.225 e. The van der Waals surface area contributed by atoms with E-state index in [4.69, 9.17) is 4.74 Å². The minimum absolute atomic E-state index is 0.0000846. The molecule has 0 aliphatic carbocycles. The number of hydrogen-bond donors (Lipinski definition) is 1. The molecule has 1 spiro atoms. The van der Waals surface area contributed by atoms with Crippen molar-refractivity contribution in [3.05, 3.63) is 60.2 Å². The number of aromatic nitrogens is 2. The maximum Gasteiger partial charge on any atom is 0.225 e. The third kappa shape index (κ3) is 4.17. The van der Waals surface area contributed by atoms with E-state index in [9.17, 15) is 4.79 Å². The molecule has 4 heterocycles. The summed E-state index contributed by atoms with van der Waals surface area (Å²) in [6.45, 7) is 4.61. The van der Waals surface area contributed by atoms with Gasteiger partial charge < -0.3 is 10.1 Å². The molecule has 2 fully saturated rings. The molecule has 0 saturated carbocycles. The monoisotopic (exact) mass is 366 g/mol. The highest BCUT2D eigenvalue weighted by atomic mass is 16.5. The Morgan fingerprint density at radius 3 is 2.70 bits per heavy atom. The normalized spacial score (nSPS) is 22.0. The highest BCUT2D eigenvalue weighted by Crippen LogP contribution is 2.44. The molecule has 2 aromatic rings. The molecule has 4 rings (SSSR count). The second kappa shape index (κ2) is 8.15. The number of carbonyl (C=O) groups excluding carboxylic acids is 1. The van der Waals surface area contributed by atoms with E-state index in [1.165, 1.54) is 5.56 Å². The maximum atomic E-state index is 13.1. The highest BCUT2D eigenvalue weighted by molar-refractivity contribution is 5.80. The first kappa shape index (κ1) is 18.1. The summed E-state index contributed by atoms with van der Waals surface area (Å²) in [5.74, 6) is 0.155. The van der Waals surface area contributed by atoms with Crippen LogP contribution in [0.5, 0.6) is 0 Å². The van der Waals surface area contributed by atoms with Gasteiger partial charge in [0.15, 0.2) is 0 Å². The number of hydrogen-bond acceptors (Lipinski definition) is 5. The molecule has 2 aromatic heterocycles. The van der Waals surface area contributed by atoms with Crippen LogP contribution in [0, 0.1) is 11.3 Å². The number of pyridine rings is 2. The molecule has 27 heavy (non-hydrogen) atoms. The molecule has 2 aliphatic rings. The molecule has 142 valence electrons. The van der Waals surface area contributed by atoms with Gasteiger partial charge in [-0.1, -0.05) is 6.07 Å². The number of nitrogens with zero attached hydrogens (tertiary/aromatic N) is 3. The lowest BCUT2D eigenvalue weighted by Crippen LogP contribution is -2.44. The van der Waals surface area contributed by atoms with Crippen molar-refractivity contribution in [1.29, 1.82) is 0 Å². The predicted octanol–water partition coefficient (Wildman–Crippen LogP) is 2.02. The van der Waals surface area contributed by atoms with E-state index < -0.39 is 0 Å². The summed E-state index contributed by atoms with van der Waals surface area (Å²) in [4.78, 5) is 23.7. The Balaban J connectivity index is 1.45. The number of rotatable bonds is 5. The molecule has 2 aliphatic heterocycles. The van der Waals surface area contributed by atoms with Gasteiger partial charge in [-0.2, -0.15) is 0 Å². The maximum absolute atomic E-state index is 13.1. The lowest BCUT2D eigenvalue weighted by molar-refractivity contribution is -0.130. The zero-order valence-corrected chi connectivity index (χ0v) is 15.5. The summed E-state index contributed by atoms with van der Waals surface area (Å²) >= 11 is 0. The van der Waals surface area contributed by atoms with Gasteiger partial charge in [0.1, 0.15) is 0 Å². The summed E-state index contributed by atoms with van der Waals surface area (Å²) < 4.78 is 5.60. The van der Waals surface area contributed by atoms with E-state index in [1.807, 2.05) is 24.4 Å². The predicted molar refractivity (Wildman–Crippen MR) is 102 cm³/mol. The summed E-state index contributed by atoms with van der Waals surface area (Å²) in [5.41, 5.74) is 2.28.